The third-order valence-corrected chi connectivity index (χ3v) is 3.68. The van der Waals surface area contributed by atoms with E-state index < -0.39 is 0 Å². The van der Waals surface area contributed by atoms with Crippen LogP contribution in [0.5, 0.6) is 5.75 Å². The van der Waals surface area contributed by atoms with Gasteiger partial charge in [-0.15, -0.1) is 0 Å². The topological polar surface area (TPSA) is 21.3 Å². The minimum absolute atomic E-state index is 0.381. The third kappa shape index (κ3) is 3.61. The van der Waals surface area contributed by atoms with Crippen molar-refractivity contribution in [1.29, 1.82) is 0 Å². The molecule has 98 valence electrons. The van der Waals surface area contributed by atoms with Gasteiger partial charge in [0, 0.05) is 6.04 Å². The fourth-order valence-corrected chi connectivity index (χ4v) is 2.41. The maximum absolute atomic E-state index is 5.26. The quantitative estimate of drug-likeness (QED) is 0.799. The van der Waals surface area contributed by atoms with Gasteiger partial charge in [-0.2, -0.15) is 0 Å². The second-order valence-electron chi connectivity index (χ2n) is 5.06. The molecule has 0 saturated carbocycles. The molecule has 2 atom stereocenters. The summed E-state index contributed by atoms with van der Waals surface area (Å²) in [5.74, 6) is 1.73. The molecule has 1 aromatic carbocycles. The van der Waals surface area contributed by atoms with Crippen molar-refractivity contribution in [3.05, 3.63) is 42.0 Å². The van der Waals surface area contributed by atoms with Crippen LogP contribution in [0.15, 0.2) is 36.4 Å². The van der Waals surface area contributed by atoms with Crippen LogP contribution in [0.3, 0.4) is 0 Å². The van der Waals surface area contributed by atoms with Crippen LogP contribution in [0.4, 0.5) is 0 Å². The summed E-state index contributed by atoms with van der Waals surface area (Å²) in [5, 5.41) is 3.63. The number of hydrogen-bond donors (Lipinski definition) is 1. The van der Waals surface area contributed by atoms with Gasteiger partial charge >= 0.3 is 0 Å². The van der Waals surface area contributed by atoms with E-state index in [1.165, 1.54) is 24.8 Å². The molecular formula is C16H23NO. The van der Waals surface area contributed by atoms with Crippen LogP contribution in [-0.2, 0) is 0 Å². The fourth-order valence-electron chi connectivity index (χ4n) is 2.41. The highest BCUT2D eigenvalue weighted by atomic mass is 16.5. The lowest BCUT2D eigenvalue weighted by Crippen LogP contribution is -2.26. The van der Waals surface area contributed by atoms with E-state index in [-0.39, 0.29) is 0 Å². The van der Waals surface area contributed by atoms with Gasteiger partial charge in [-0.05, 0) is 56.3 Å². The first kappa shape index (κ1) is 13.2. The van der Waals surface area contributed by atoms with Gasteiger partial charge < -0.3 is 10.1 Å². The number of benzene rings is 1. The second kappa shape index (κ2) is 6.60. The molecule has 0 aliphatic heterocycles. The number of hydrogen-bond acceptors (Lipinski definition) is 2. The molecule has 18 heavy (non-hydrogen) atoms. The van der Waals surface area contributed by atoms with Gasteiger partial charge in [0.1, 0.15) is 5.75 Å². The van der Waals surface area contributed by atoms with E-state index in [2.05, 4.69) is 42.6 Å². The van der Waals surface area contributed by atoms with Crippen molar-refractivity contribution < 1.29 is 4.74 Å². The van der Waals surface area contributed by atoms with Crippen molar-refractivity contribution in [3.63, 3.8) is 0 Å². The first-order valence-corrected chi connectivity index (χ1v) is 6.82. The van der Waals surface area contributed by atoms with Crippen LogP contribution in [0.1, 0.15) is 37.8 Å². The van der Waals surface area contributed by atoms with Crippen LogP contribution < -0.4 is 10.1 Å². The third-order valence-electron chi connectivity index (χ3n) is 3.68. The Kier molecular flexibility index (Phi) is 4.82. The molecule has 1 aliphatic carbocycles. The zero-order valence-electron chi connectivity index (χ0n) is 11.4. The van der Waals surface area contributed by atoms with E-state index in [0.29, 0.717) is 6.04 Å². The van der Waals surface area contributed by atoms with Crippen LogP contribution in [0, 0.1) is 5.92 Å². The van der Waals surface area contributed by atoms with Crippen molar-refractivity contribution in [1.82, 2.24) is 5.32 Å². The largest absolute Gasteiger partial charge is 0.497 e. The minimum atomic E-state index is 0.381. The molecule has 0 bridgehead atoms. The van der Waals surface area contributed by atoms with Gasteiger partial charge in [-0.25, -0.2) is 0 Å². The molecule has 1 unspecified atom stereocenters. The van der Waals surface area contributed by atoms with E-state index in [1.54, 1.807) is 7.11 Å². The number of nitrogens with one attached hydrogen (secondary N) is 1. The first-order chi connectivity index (χ1) is 8.79. The molecular weight excluding hydrogens is 222 g/mol. The number of rotatable bonds is 5. The Balaban J connectivity index is 1.86. The predicted octanol–water partition coefficient (Wildman–Crippen LogP) is 3.70. The van der Waals surface area contributed by atoms with E-state index in [9.17, 15) is 0 Å². The van der Waals surface area contributed by atoms with Gasteiger partial charge in [0.2, 0.25) is 0 Å². The molecule has 0 amide bonds. The summed E-state index contributed by atoms with van der Waals surface area (Å²) in [5.41, 5.74) is 1.29. The summed E-state index contributed by atoms with van der Waals surface area (Å²) in [6.45, 7) is 3.32. The van der Waals surface area contributed by atoms with Crippen LogP contribution >= 0.6 is 0 Å². The number of ether oxygens (including phenoxy) is 1. The molecule has 2 nitrogen and oxygen atoms in total. The minimum Gasteiger partial charge on any atom is -0.497 e. The van der Waals surface area contributed by atoms with Crippen molar-refractivity contribution in [3.8, 4) is 5.75 Å². The second-order valence-corrected chi connectivity index (χ2v) is 5.06. The van der Waals surface area contributed by atoms with Gasteiger partial charge in [-0.3, -0.25) is 0 Å². The Morgan fingerprint density at radius 3 is 3.00 bits per heavy atom. The molecule has 2 rings (SSSR count). The van der Waals surface area contributed by atoms with Crippen molar-refractivity contribution in [2.75, 3.05) is 13.7 Å². The van der Waals surface area contributed by atoms with Gasteiger partial charge in [-0.1, -0.05) is 24.3 Å². The molecule has 1 aliphatic rings. The Labute approximate surface area is 110 Å². The fraction of sp³-hybridized carbons (Fsp3) is 0.500. The van der Waals surface area contributed by atoms with Crippen molar-refractivity contribution in [2.24, 2.45) is 5.92 Å². The maximum Gasteiger partial charge on any atom is 0.119 e. The zero-order chi connectivity index (χ0) is 12.8. The molecule has 0 spiro atoms. The van der Waals surface area contributed by atoms with Gasteiger partial charge in [0.15, 0.2) is 0 Å². The lowest BCUT2D eigenvalue weighted by atomic mass is 9.94. The summed E-state index contributed by atoms with van der Waals surface area (Å²) in [7, 11) is 1.71. The normalized spacial score (nSPS) is 20.7. The average molecular weight is 245 g/mol. The SMILES string of the molecule is COc1cccc([C@H](C)NCC2CC=CCC2)c1. The Morgan fingerprint density at radius 1 is 1.39 bits per heavy atom. The molecule has 2 heteroatoms. The molecule has 1 aromatic rings. The van der Waals surface area contributed by atoms with E-state index in [0.717, 1.165) is 18.2 Å². The molecule has 0 saturated heterocycles. The summed E-state index contributed by atoms with van der Waals surface area (Å²) >= 11 is 0. The molecule has 0 heterocycles. The zero-order valence-corrected chi connectivity index (χ0v) is 11.4. The highest BCUT2D eigenvalue weighted by Gasteiger charge is 2.12. The highest BCUT2D eigenvalue weighted by Crippen LogP contribution is 2.21. The lowest BCUT2D eigenvalue weighted by molar-refractivity contribution is 0.406. The molecule has 0 radical (unpaired) electrons. The number of allylic oxidation sites excluding steroid dienone is 2. The summed E-state index contributed by atoms with van der Waals surface area (Å²) in [4.78, 5) is 0. The van der Waals surface area contributed by atoms with Gasteiger partial charge in [0.25, 0.3) is 0 Å². The van der Waals surface area contributed by atoms with E-state index in [1.807, 2.05) is 6.07 Å². The maximum atomic E-state index is 5.26. The Morgan fingerprint density at radius 2 is 2.28 bits per heavy atom. The number of methoxy groups -OCH3 is 1. The molecule has 0 aromatic heterocycles. The van der Waals surface area contributed by atoms with Crippen molar-refractivity contribution in [2.45, 2.75) is 32.2 Å². The summed E-state index contributed by atoms with van der Waals surface area (Å²) in [6, 6.07) is 8.68. The average Bonchev–Trinajstić information content (AvgIpc) is 2.46. The predicted molar refractivity (Wildman–Crippen MR) is 75.9 cm³/mol. The first-order valence-electron chi connectivity index (χ1n) is 6.82. The van der Waals surface area contributed by atoms with Crippen LogP contribution in [0.2, 0.25) is 0 Å². The van der Waals surface area contributed by atoms with E-state index >= 15 is 0 Å². The molecule has 0 fully saturated rings. The smallest absolute Gasteiger partial charge is 0.119 e. The summed E-state index contributed by atoms with van der Waals surface area (Å²) in [6.07, 6.45) is 8.38. The lowest BCUT2D eigenvalue weighted by Gasteiger charge is -2.22. The molecule has 1 N–H and O–H groups in total. The highest BCUT2D eigenvalue weighted by molar-refractivity contribution is 5.30. The summed E-state index contributed by atoms with van der Waals surface area (Å²) < 4.78 is 5.26. The standard InChI is InChI=1S/C16H23NO/c1-13(15-9-6-10-16(11-15)18-2)17-12-14-7-4-3-5-8-14/h3-4,6,9-11,13-14,17H,5,7-8,12H2,1-2H3/t13-,14?/m0/s1. The van der Waals surface area contributed by atoms with Crippen LogP contribution in [0.25, 0.3) is 0 Å². The van der Waals surface area contributed by atoms with Crippen molar-refractivity contribution >= 4 is 0 Å². The van der Waals surface area contributed by atoms with Crippen LogP contribution in [-0.4, -0.2) is 13.7 Å². The monoisotopic (exact) mass is 245 g/mol. The van der Waals surface area contributed by atoms with E-state index in [4.69, 9.17) is 4.74 Å². The van der Waals surface area contributed by atoms with Gasteiger partial charge in [0.05, 0.1) is 7.11 Å². The Hall–Kier alpha value is -1.28. The Bertz CT molecular complexity index is 400.